The molecule has 88 valence electrons. The van der Waals surface area contributed by atoms with Gasteiger partial charge in [-0.15, -0.1) is 0 Å². The molecule has 1 unspecified atom stereocenters. The van der Waals surface area contributed by atoms with Gasteiger partial charge in [0.15, 0.2) is 5.75 Å². The second kappa shape index (κ2) is 5.41. The molecule has 1 heterocycles. The molecule has 0 saturated heterocycles. The highest BCUT2D eigenvalue weighted by Crippen LogP contribution is 2.19. The van der Waals surface area contributed by atoms with Gasteiger partial charge in [0.2, 0.25) is 0 Å². The van der Waals surface area contributed by atoms with Crippen LogP contribution in [0.15, 0.2) is 43.0 Å². The molecule has 1 aromatic heterocycles. The van der Waals surface area contributed by atoms with Crippen molar-refractivity contribution < 1.29 is 9.84 Å². The molecule has 0 amide bonds. The van der Waals surface area contributed by atoms with E-state index in [1.54, 1.807) is 19.3 Å². The molecule has 0 radical (unpaired) electrons. The smallest absolute Gasteiger partial charge is 0.156 e. The topological polar surface area (TPSA) is 55.2 Å². The lowest BCUT2D eigenvalue weighted by Crippen LogP contribution is -2.02. The molecule has 1 aromatic carbocycles. The Bertz CT molecular complexity index is 472. The van der Waals surface area contributed by atoms with E-state index in [4.69, 9.17) is 4.74 Å². The normalized spacial score (nSPS) is 12.1. The average Bonchev–Trinajstić information content (AvgIpc) is 2.38. The molecule has 0 aliphatic carbocycles. The van der Waals surface area contributed by atoms with E-state index in [1.807, 2.05) is 24.3 Å². The molecule has 0 aliphatic heterocycles. The van der Waals surface area contributed by atoms with Crippen molar-refractivity contribution >= 4 is 0 Å². The van der Waals surface area contributed by atoms with Crippen LogP contribution in [0.4, 0.5) is 0 Å². The van der Waals surface area contributed by atoms with E-state index in [1.165, 1.54) is 6.33 Å². The predicted octanol–water partition coefficient (Wildman–Crippen LogP) is 2.11. The Labute approximate surface area is 99.9 Å². The fourth-order valence-corrected chi connectivity index (χ4v) is 1.59. The van der Waals surface area contributed by atoms with Gasteiger partial charge in [0.25, 0.3) is 0 Å². The van der Waals surface area contributed by atoms with E-state index >= 15 is 0 Å². The van der Waals surface area contributed by atoms with E-state index in [2.05, 4.69) is 9.97 Å². The number of hydrogen-bond donors (Lipinski definition) is 1. The summed E-state index contributed by atoms with van der Waals surface area (Å²) in [5.41, 5.74) is 1.84. The van der Waals surface area contributed by atoms with Crippen LogP contribution in [0, 0.1) is 0 Å². The largest absolute Gasteiger partial charge is 0.486 e. The summed E-state index contributed by atoms with van der Waals surface area (Å²) in [6.45, 7) is 2.14. The summed E-state index contributed by atoms with van der Waals surface area (Å²) in [4.78, 5) is 7.74. The Morgan fingerprint density at radius 3 is 2.65 bits per heavy atom. The van der Waals surface area contributed by atoms with Crippen LogP contribution >= 0.6 is 0 Å². The maximum Gasteiger partial charge on any atom is 0.156 e. The third-order valence-electron chi connectivity index (χ3n) is 2.44. The molecule has 0 aliphatic rings. The molecule has 1 atom stereocenters. The number of aliphatic hydroxyl groups is 1. The Kier molecular flexibility index (Phi) is 3.67. The Balaban J connectivity index is 2.09. The molecule has 0 spiro atoms. The van der Waals surface area contributed by atoms with Crippen molar-refractivity contribution in [1.82, 2.24) is 9.97 Å². The summed E-state index contributed by atoms with van der Waals surface area (Å²) in [6, 6.07) is 7.65. The molecule has 4 nitrogen and oxygen atoms in total. The maximum absolute atomic E-state index is 9.62. The number of nitrogens with zero attached hydrogens (tertiary/aromatic N) is 2. The first-order valence-corrected chi connectivity index (χ1v) is 5.41. The van der Waals surface area contributed by atoms with Crippen molar-refractivity contribution in [3.05, 3.63) is 54.1 Å². The summed E-state index contributed by atoms with van der Waals surface area (Å²) in [6.07, 6.45) is 4.17. The van der Waals surface area contributed by atoms with E-state index in [9.17, 15) is 5.11 Å². The zero-order chi connectivity index (χ0) is 12.1. The second-order valence-corrected chi connectivity index (χ2v) is 3.74. The van der Waals surface area contributed by atoms with Crippen molar-refractivity contribution in [1.29, 1.82) is 0 Å². The lowest BCUT2D eigenvalue weighted by atomic mass is 10.0. The molecule has 0 bridgehead atoms. The lowest BCUT2D eigenvalue weighted by molar-refractivity contribution is 0.195. The minimum absolute atomic E-state index is 0.397. The quantitative estimate of drug-likeness (QED) is 0.874. The number of hydrogen-bond acceptors (Lipinski definition) is 4. The number of aliphatic hydroxyl groups excluding tert-OH is 1. The minimum Gasteiger partial charge on any atom is -0.486 e. The zero-order valence-corrected chi connectivity index (χ0v) is 9.58. The van der Waals surface area contributed by atoms with E-state index in [0.717, 1.165) is 11.1 Å². The van der Waals surface area contributed by atoms with Crippen molar-refractivity contribution in [2.45, 2.75) is 19.6 Å². The second-order valence-electron chi connectivity index (χ2n) is 3.74. The Hall–Kier alpha value is -1.94. The molecule has 0 saturated carbocycles. The Morgan fingerprint density at radius 2 is 1.94 bits per heavy atom. The summed E-state index contributed by atoms with van der Waals surface area (Å²) in [5, 5.41) is 9.62. The van der Waals surface area contributed by atoms with Gasteiger partial charge in [-0.05, 0) is 18.1 Å². The number of benzene rings is 1. The fourth-order valence-electron chi connectivity index (χ4n) is 1.59. The van der Waals surface area contributed by atoms with Crippen molar-refractivity contribution in [2.75, 3.05) is 0 Å². The maximum atomic E-state index is 9.62. The number of ether oxygens (including phenoxy) is 1. The van der Waals surface area contributed by atoms with Gasteiger partial charge in [-0.25, -0.2) is 9.97 Å². The summed E-state index contributed by atoms with van der Waals surface area (Å²) < 4.78 is 5.55. The summed E-state index contributed by atoms with van der Waals surface area (Å²) in [5.74, 6) is 0.618. The number of rotatable bonds is 4. The fraction of sp³-hybridized carbons (Fsp3) is 0.231. The van der Waals surface area contributed by atoms with Gasteiger partial charge in [0, 0.05) is 0 Å². The zero-order valence-electron chi connectivity index (χ0n) is 9.58. The van der Waals surface area contributed by atoms with Crippen molar-refractivity contribution in [2.24, 2.45) is 0 Å². The first-order valence-electron chi connectivity index (χ1n) is 5.41. The SMILES string of the molecule is CC(O)c1ccccc1COc1cncnc1. The minimum atomic E-state index is -0.498. The van der Waals surface area contributed by atoms with E-state index in [-0.39, 0.29) is 0 Å². The van der Waals surface area contributed by atoms with Crippen LogP contribution < -0.4 is 4.74 Å². The molecular formula is C13H14N2O2. The molecule has 4 heteroatoms. The first-order chi connectivity index (χ1) is 8.27. The highest BCUT2D eigenvalue weighted by Gasteiger charge is 2.07. The summed E-state index contributed by atoms with van der Waals surface area (Å²) >= 11 is 0. The number of aromatic nitrogens is 2. The van der Waals surface area contributed by atoms with Crippen LogP contribution in [0.5, 0.6) is 5.75 Å². The van der Waals surface area contributed by atoms with Crippen LogP contribution in [-0.2, 0) is 6.61 Å². The average molecular weight is 230 g/mol. The molecule has 0 fully saturated rings. The molecular weight excluding hydrogens is 216 g/mol. The van der Waals surface area contributed by atoms with Gasteiger partial charge < -0.3 is 9.84 Å². The predicted molar refractivity (Wildman–Crippen MR) is 63.4 cm³/mol. The van der Waals surface area contributed by atoms with E-state index < -0.39 is 6.10 Å². The van der Waals surface area contributed by atoms with Gasteiger partial charge in [-0.3, -0.25) is 0 Å². The Morgan fingerprint density at radius 1 is 1.24 bits per heavy atom. The monoisotopic (exact) mass is 230 g/mol. The third kappa shape index (κ3) is 3.01. The third-order valence-corrected chi connectivity index (χ3v) is 2.44. The van der Waals surface area contributed by atoms with Gasteiger partial charge in [0.05, 0.1) is 18.5 Å². The van der Waals surface area contributed by atoms with Gasteiger partial charge in [-0.2, -0.15) is 0 Å². The van der Waals surface area contributed by atoms with Crippen LogP contribution in [0.3, 0.4) is 0 Å². The lowest BCUT2D eigenvalue weighted by Gasteiger charge is -2.12. The van der Waals surface area contributed by atoms with Crippen molar-refractivity contribution in [3.8, 4) is 5.75 Å². The van der Waals surface area contributed by atoms with Crippen LogP contribution in [0.25, 0.3) is 0 Å². The van der Waals surface area contributed by atoms with Gasteiger partial charge in [-0.1, -0.05) is 24.3 Å². The van der Waals surface area contributed by atoms with Crippen LogP contribution in [0.1, 0.15) is 24.2 Å². The van der Waals surface area contributed by atoms with E-state index in [0.29, 0.717) is 12.4 Å². The van der Waals surface area contributed by atoms with Crippen LogP contribution in [-0.4, -0.2) is 15.1 Å². The highest BCUT2D eigenvalue weighted by molar-refractivity contribution is 5.28. The highest BCUT2D eigenvalue weighted by atomic mass is 16.5. The molecule has 2 rings (SSSR count). The molecule has 17 heavy (non-hydrogen) atoms. The standard InChI is InChI=1S/C13H14N2O2/c1-10(16)13-5-3-2-4-11(13)8-17-12-6-14-9-15-7-12/h2-7,9-10,16H,8H2,1H3. The van der Waals surface area contributed by atoms with Crippen molar-refractivity contribution in [3.63, 3.8) is 0 Å². The molecule has 2 aromatic rings. The summed E-state index contributed by atoms with van der Waals surface area (Å²) in [7, 11) is 0. The van der Waals surface area contributed by atoms with Gasteiger partial charge in [0.1, 0.15) is 12.9 Å². The van der Waals surface area contributed by atoms with Crippen LogP contribution in [0.2, 0.25) is 0 Å². The molecule has 1 N–H and O–H groups in total. The first kappa shape index (κ1) is 11.5. The van der Waals surface area contributed by atoms with Gasteiger partial charge >= 0.3 is 0 Å².